The molecule has 1 aromatic heterocycles. The minimum atomic E-state index is -4.36. The average molecular weight is 301 g/mol. The summed E-state index contributed by atoms with van der Waals surface area (Å²) < 4.78 is 41.6. The lowest BCUT2D eigenvalue weighted by Gasteiger charge is -2.32. The molecule has 0 aromatic carbocycles. The van der Waals surface area contributed by atoms with Crippen LogP contribution in [0, 0.1) is 5.92 Å². The lowest BCUT2D eigenvalue weighted by molar-refractivity contribution is -0.148. The zero-order chi connectivity index (χ0) is 15.0. The molecule has 0 radical (unpaired) electrons. The number of hydrogen-bond donors (Lipinski definition) is 1. The summed E-state index contributed by atoms with van der Waals surface area (Å²) in [6.07, 6.45) is 1.20. The molecule has 1 N–H and O–H groups in total. The fourth-order valence-corrected chi connectivity index (χ4v) is 3.79. The molecular formula is C15H22F3N3. The van der Waals surface area contributed by atoms with Crippen LogP contribution in [0.1, 0.15) is 62.3 Å². The van der Waals surface area contributed by atoms with Crippen LogP contribution in [0.15, 0.2) is 0 Å². The Hall–Kier alpha value is -1.04. The summed E-state index contributed by atoms with van der Waals surface area (Å²) in [5, 5.41) is 3.11. The van der Waals surface area contributed by atoms with Gasteiger partial charge in [-0.3, -0.25) is 0 Å². The van der Waals surface area contributed by atoms with Gasteiger partial charge >= 0.3 is 6.18 Å². The molecule has 3 rings (SSSR count). The SMILES string of the molecule is CCC1CCCC(n2c(C(F)(F)F)nc3c2CCNC3)C1. The van der Waals surface area contributed by atoms with Crippen LogP contribution in [0.3, 0.4) is 0 Å². The second kappa shape index (κ2) is 5.63. The molecule has 2 heterocycles. The second-order valence-corrected chi connectivity index (χ2v) is 6.22. The molecule has 6 heteroatoms. The summed E-state index contributed by atoms with van der Waals surface area (Å²) >= 11 is 0. The molecule has 0 saturated heterocycles. The van der Waals surface area contributed by atoms with Crippen molar-refractivity contribution >= 4 is 0 Å². The van der Waals surface area contributed by atoms with E-state index in [1.165, 1.54) is 4.57 Å². The van der Waals surface area contributed by atoms with Gasteiger partial charge in [0.1, 0.15) is 0 Å². The molecular weight excluding hydrogens is 279 g/mol. The largest absolute Gasteiger partial charge is 0.449 e. The predicted molar refractivity (Wildman–Crippen MR) is 73.9 cm³/mol. The van der Waals surface area contributed by atoms with Crippen molar-refractivity contribution in [1.82, 2.24) is 14.9 Å². The molecule has 3 nitrogen and oxygen atoms in total. The van der Waals surface area contributed by atoms with Gasteiger partial charge in [0, 0.05) is 31.2 Å². The van der Waals surface area contributed by atoms with Crippen LogP contribution in [0.5, 0.6) is 0 Å². The van der Waals surface area contributed by atoms with Crippen LogP contribution < -0.4 is 5.32 Å². The van der Waals surface area contributed by atoms with E-state index in [2.05, 4.69) is 17.2 Å². The molecule has 1 aromatic rings. The van der Waals surface area contributed by atoms with Gasteiger partial charge < -0.3 is 9.88 Å². The molecule has 0 bridgehead atoms. The number of alkyl halides is 3. The van der Waals surface area contributed by atoms with Gasteiger partial charge in [-0.2, -0.15) is 13.2 Å². The van der Waals surface area contributed by atoms with Crippen molar-refractivity contribution in [2.75, 3.05) is 6.54 Å². The molecule has 2 aliphatic rings. The molecule has 118 valence electrons. The van der Waals surface area contributed by atoms with Gasteiger partial charge in [-0.15, -0.1) is 0 Å². The van der Waals surface area contributed by atoms with E-state index in [-0.39, 0.29) is 6.04 Å². The molecule has 1 saturated carbocycles. The number of halogens is 3. The maximum absolute atomic E-state index is 13.4. The van der Waals surface area contributed by atoms with E-state index >= 15 is 0 Å². The number of nitrogens with one attached hydrogen (secondary N) is 1. The lowest BCUT2D eigenvalue weighted by atomic mass is 9.84. The third-order valence-corrected chi connectivity index (χ3v) is 4.88. The fraction of sp³-hybridized carbons (Fsp3) is 0.800. The van der Waals surface area contributed by atoms with Crippen LogP contribution in [0.4, 0.5) is 13.2 Å². The van der Waals surface area contributed by atoms with E-state index in [1.807, 2.05) is 0 Å². The zero-order valence-corrected chi connectivity index (χ0v) is 12.3. The Bertz CT molecular complexity index is 507. The molecule has 0 amide bonds. The summed E-state index contributed by atoms with van der Waals surface area (Å²) in [5.41, 5.74) is 1.40. The van der Waals surface area contributed by atoms with Gasteiger partial charge in [0.15, 0.2) is 0 Å². The van der Waals surface area contributed by atoms with Crippen LogP contribution in [-0.2, 0) is 19.1 Å². The first-order chi connectivity index (χ1) is 10.0. The van der Waals surface area contributed by atoms with Gasteiger partial charge in [-0.25, -0.2) is 4.98 Å². The summed E-state index contributed by atoms with van der Waals surface area (Å²) in [5.74, 6) is -0.137. The summed E-state index contributed by atoms with van der Waals surface area (Å²) in [6.45, 7) is 3.32. The summed E-state index contributed by atoms with van der Waals surface area (Å²) in [6, 6.07) is -0.0327. The monoisotopic (exact) mass is 301 g/mol. The first-order valence-corrected chi connectivity index (χ1v) is 7.88. The third kappa shape index (κ3) is 2.82. The highest BCUT2D eigenvalue weighted by molar-refractivity contribution is 5.23. The average Bonchev–Trinajstić information content (AvgIpc) is 2.87. The normalized spacial score (nSPS) is 26.7. The number of fused-ring (bicyclic) bond motifs is 1. The minimum Gasteiger partial charge on any atom is -0.321 e. The maximum Gasteiger partial charge on any atom is 0.449 e. The second-order valence-electron chi connectivity index (χ2n) is 6.22. The van der Waals surface area contributed by atoms with Crippen molar-refractivity contribution in [3.05, 3.63) is 17.2 Å². The van der Waals surface area contributed by atoms with Gasteiger partial charge in [-0.05, 0) is 18.8 Å². The Morgan fingerprint density at radius 1 is 1.33 bits per heavy atom. The number of rotatable bonds is 2. The summed E-state index contributed by atoms with van der Waals surface area (Å²) in [7, 11) is 0. The highest BCUT2D eigenvalue weighted by Crippen LogP contribution is 2.40. The van der Waals surface area contributed by atoms with Crippen molar-refractivity contribution in [3.8, 4) is 0 Å². The smallest absolute Gasteiger partial charge is 0.321 e. The van der Waals surface area contributed by atoms with Gasteiger partial charge in [-0.1, -0.05) is 26.2 Å². The van der Waals surface area contributed by atoms with E-state index in [0.29, 0.717) is 24.6 Å². The highest BCUT2D eigenvalue weighted by atomic mass is 19.4. The van der Waals surface area contributed by atoms with E-state index in [1.54, 1.807) is 0 Å². The molecule has 1 aliphatic heterocycles. The first kappa shape index (κ1) is 14.9. The Morgan fingerprint density at radius 2 is 2.14 bits per heavy atom. The van der Waals surface area contributed by atoms with Crippen LogP contribution in [0.2, 0.25) is 0 Å². The topological polar surface area (TPSA) is 29.9 Å². The number of hydrogen-bond acceptors (Lipinski definition) is 2. The summed E-state index contributed by atoms with van der Waals surface area (Å²) in [4.78, 5) is 3.92. The molecule has 2 unspecified atom stereocenters. The van der Waals surface area contributed by atoms with Crippen molar-refractivity contribution in [2.24, 2.45) is 5.92 Å². The Balaban J connectivity index is 2.01. The standard InChI is InChI=1S/C15H22F3N3/c1-2-10-4-3-5-11(8-10)21-13-6-7-19-9-12(13)20-14(21)15(16,17)18/h10-11,19H,2-9H2,1H3. The zero-order valence-electron chi connectivity index (χ0n) is 12.3. The van der Waals surface area contributed by atoms with Gasteiger partial charge in [0.05, 0.1) is 5.69 Å². The van der Waals surface area contributed by atoms with Crippen molar-refractivity contribution in [3.63, 3.8) is 0 Å². The van der Waals surface area contributed by atoms with Gasteiger partial charge in [0.25, 0.3) is 0 Å². The lowest BCUT2D eigenvalue weighted by Crippen LogP contribution is -2.28. The molecule has 21 heavy (non-hydrogen) atoms. The van der Waals surface area contributed by atoms with Crippen LogP contribution in [0.25, 0.3) is 0 Å². The van der Waals surface area contributed by atoms with E-state index in [0.717, 1.165) is 44.3 Å². The minimum absolute atomic E-state index is 0.0327. The predicted octanol–water partition coefficient (Wildman–Crippen LogP) is 3.69. The molecule has 2 atom stereocenters. The highest BCUT2D eigenvalue weighted by Gasteiger charge is 2.41. The van der Waals surface area contributed by atoms with Crippen LogP contribution in [-0.4, -0.2) is 16.1 Å². The van der Waals surface area contributed by atoms with Crippen molar-refractivity contribution in [1.29, 1.82) is 0 Å². The maximum atomic E-state index is 13.4. The van der Waals surface area contributed by atoms with Gasteiger partial charge in [0.2, 0.25) is 5.82 Å². The quantitative estimate of drug-likeness (QED) is 0.903. The van der Waals surface area contributed by atoms with Crippen molar-refractivity contribution in [2.45, 2.75) is 64.2 Å². The third-order valence-electron chi connectivity index (χ3n) is 4.88. The molecule has 1 aliphatic carbocycles. The number of nitrogens with zero attached hydrogens (tertiary/aromatic N) is 2. The van der Waals surface area contributed by atoms with Crippen LogP contribution >= 0.6 is 0 Å². The Morgan fingerprint density at radius 3 is 2.86 bits per heavy atom. The Kier molecular flexibility index (Phi) is 3.99. The fourth-order valence-electron chi connectivity index (χ4n) is 3.79. The Labute approximate surface area is 122 Å². The van der Waals surface area contributed by atoms with E-state index in [4.69, 9.17) is 0 Å². The molecule has 1 fully saturated rings. The number of aromatic nitrogens is 2. The van der Waals surface area contributed by atoms with E-state index < -0.39 is 12.0 Å². The number of imidazole rings is 1. The van der Waals surface area contributed by atoms with E-state index in [9.17, 15) is 13.2 Å². The first-order valence-electron chi connectivity index (χ1n) is 7.88. The van der Waals surface area contributed by atoms with Crippen molar-refractivity contribution < 1.29 is 13.2 Å². The molecule has 0 spiro atoms.